The largest absolute Gasteiger partial charge is 0.375 e. The first-order valence-corrected chi connectivity index (χ1v) is 4.31. The van der Waals surface area contributed by atoms with E-state index in [9.17, 15) is 0 Å². The quantitative estimate of drug-likeness (QED) is 0.697. The second-order valence-electron chi connectivity index (χ2n) is 2.43. The summed E-state index contributed by atoms with van der Waals surface area (Å²) in [5.74, 6) is 0. The summed E-state index contributed by atoms with van der Waals surface area (Å²) in [5, 5.41) is 7.29. The van der Waals surface area contributed by atoms with Crippen molar-refractivity contribution < 1.29 is 0 Å². The van der Waals surface area contributed by atoms with Gasteiger partial charge in [0.25, 0.3) is 0 Å². The van der Waals surface area contributed by atoms with Crippen LogP contribution < -0.4 is 5.73 Å². The highest BCUT2D eigenvalue weighted by Gasteiger charge is 2.07. The average Bonchev–Trinajstić information content (AvgIpc) is 2.58. The predicted octanol–water partition coefficient (Wildman–Crippen LogP) is 1.42. The van der Waals surface area contributed by atoms with Crippen LogP contribution in [0.4, 0.5) is 5.13 Å². The highest BCUT2D eigenvalue weighted by molar-refractivity contribution is 7.15. The van der Waals surface area contributed by atoms with Crippen LogP contribution in [-0.2, 0) is 0 Å². The van der Waals surface area contributed by atoms with Gasteiger partial charge in [0, 0.05) is 11.1 Å². The Labute approximate surface area is 73.5 Å². The molecule has 0 amide bonds. The van der Waals surface area contributed by atoms with E-state index < -0.39 is 0 Å². The molecule has 0 radical (unpaired) electrons. The van der Waals surface area contributed by atoms with Crippen molar-refractivity contribution in [3.8, 4) is 11.4 Å². The molecule has 0 saturated heterocycles. The summed E-state index contributed by atoms with van der Waals surface area (Å²) in [6, 6.07) is 1.88. The maximum Gasteiger partial charge on any atom is 0.180 e. The van der Waals surface area contributed by atoms with Gasteiger partial charge in [0.1, 0.15) is 5.69 Å². The van der Waals surface area contributed by atoms with Crippen LogP contribution in [0.25, 0.3) is 11.4 Å². The molecule has 2 rings (SSSR count). The van der Waals surface area contributed by atoms with Gasteiger partial charge in [0.15, 0.2) is 5.13 Å². The maximum atomic E-state index is 5.56. The fourth-order valence-electron chi connectivity index (χ4n) is 1.05. The summed E-state index contributed by atoms with van der Waals surface area (Å²) in [4.78, 5) is 5.29. The number of hydrogen-bond donors (Lipinski definition) is 2. The van der Waals surface area contributed by atoms with Gasteiger partial charge in [0.2, 0.25) is 0 Å². The van der Waals surface area contributed by atoms with Crippen molar-refractivity contribution in [2.24, 2.45) is 0 Å². The number of thiazole rings is 1. The number of aryl methyl sites for hydroxylation is 1. The summed E-state index contributed by atoms with van der Waals surface area (Å²) < 4.78 is 0. The lowest BCUT2D eigenvalue weighted by Gasteiger charge is -1.89. The number of anilines is 1. The number of hydrogen-bond acceptors (Lipinski definition) is 4. The Morgan fingerprint density at radius 2 is 2.42 bits per heavy atom. The molecule has 5 heteroatoms. The molecule has 2 heterocycles. The molecular weight excluding hydrogens is 172 g/mol. The minimum Gasteiger partial charge on any atom is -0.375 e. The third kappa shape index (κ3) is 1.08. The fraction of sp³-hybridized carbons (Fsp3) is 0.143. The van der Waals surface area contributed by atoms with Gasteiger partial charge in [-0.2, -0.15) is 5.10 Å². The van der Waals surface area contributed by atoms with Crippen LogP contribution in [0.3, 0.4) is 0 Å². The van der Waals surface area contributed by atoms with E-state index in [-0.39, 0.29) is 0 Å². The molecule has 2 aromatic heterocycles. The van der Waals surface area contributed by atoms with E-state index >= 15 is 0 Å². The Hall–Kier alpha value is -1.36. The maximum absolute atomic E-state index is 5.56. The van der Waals surface area contributed by atoms with E-state index in [0.717, 1.165) is 16.3 Å². The van der Waals surface area contributed by atoms with Crippen molar-refractivity contribution in [2.45, 2.75) is 6.92 Å². The SMILES string of the molecule is Cc1sc(N)nc1-c1ccn[nH]1. The van der Waals surface area contributed by atoms with Crippen LogP contribution in [-0.4, -0.2) is 15.2 Å². The molecule has 0 saturated carbocycles. The van der Waals surface area contributed by atoms with Gasteiger partial charge >= 0.3 is 0 Å². The highest BCUT2D eigenvalue weighted by atomic mass is 32.1. The number of rotatable bonds is 1. The predicted molar refractivity (Wildman–Crippen MR) is 48.8 cm³/mol. The van der Waals surface area contributed by atoms with E-state index in [1.54, 1.807) is 6.20 Å². The molecule has 3 N–H and O–H groups in total. The summed E-state index contributed by atoms with van der Waals surface area (Å²) in [7, 11) is 0. The highest BCUT2D eigenvalue weighted by Crippen LogP contribution is 2.26. The number of aromatic nitrogens is 3. The van der Waals surface area contributed by atoms with Crippen LogP contribution in [0.1, 0.15) is 4.88 Å². The summed E-state index contributed by atoms with van der Waals surface area (Å²) in [6.45, 7) is 1.99. The third-order valence-electron chi connectivity index (χ3n) is 1.57. The number of nitrogens with zero attached hydrogens (tertiary/aromatic N) is 2. The lowest BCUT2D eigenvalue weighted by Crippen LogP contribution is -1.83. The summed E-state index contributed by atoms with van der Waals surface area (Å²) >= 11 is 1.49. The molecular formula is C7H8N4S. The molecule has 0 spiro atoms. The molecule has 0 aliphatic carbocycles. The van der Waals surface area contributed by atoms with Crippen molar-refractivity contribution in [1.82, 2.24) is 15.2 Å². The van der Waals surface area contributed by atoms with E-state index in [0.29, 0.717) is 5.13 Å². The summed E-state index contributed by atoms with van der Waals surface area (Å²) in [5.41, 5.74) is 7.37. The van der Waals surface area contributed by atoms with Gasteiger partial charge in [0.05, 0.1) is 5.69 Å². The Bertz CT molecular complexity index is 376. The van der Waals surface area contributed by atoms with Crippen molar-refractivity contribution >= 4 is 16.5 Å². The molecule has 0 bridgehead atoms. The molecule has 2 aromatic rings. The second-order valence-corrected chi connectivity index (χ2v) is 3.66. The standard InChI is InChI=1S/C7H8N4S/c1-4-6(10-7(8)12-4)5-2-3-9-11-5/h2-3H,1H3,(H2,8,10)(H,9,11). The molecule has 0 aromatic carbocycles. The lowest BCUT2D eigenvalue weighted by molar-refractivity contribution is 1.09. The first-order chi connectivity index (χ1) is 5.77. The average molecular weight is 180 g/mol. The zero-order valence-corrected chi connectivity index (χ0v) is 7.35. The third-order valence-corrected chi connectivity index (χ3v) is 2.37. The lowest BCUT2D eigenvalue weighted by atomic mass is 10.3. The van der Waals surface area contributed by atoms with E-state index in [1.165, 1.54) is 11.3 Å². The normalized spacial score (nSPS) is 10.4. The Balaban J connectivity index is 2.54. The number of nitrogens with two attached hydrogens (primary N) is 1. The molecule has 0 unspecified atom stereocenters. The van der Waals surface area contributed by atoms with Crippen LogP contribution in [0, 0.1) is 6.92 Å². The van der Waals surface area contributed by atoms with Crippen LogP contribution in [0.2, 0.25) is 0 Å². The van der Waals surface area contributed by atoms with Crippen LogP contribution >= 0.6 is 11.3 Å². The second kappa shape index (κ2) is 2.60. The fourth-order valence-corrected chi connectivity index (χ4v) is 1.76. The van der Waals surface area contributed by atoms with Gasteiger partial charge in [-0.3, -0.25) is 5.10 Å². The Morgan fingerprint density at radius 1 is 1.58 bits per heavy atom. The first-order valence-electron chi connectivity index (χ1n) is 3.50. The van der Waals surface area contributed by atoms with Gasteiger partial charge in [-0.25, -0.2) is 4.98 Å². The van der Waals surface area contributed by atoms with Crippen LogP contribution in [0.5, 0.6) is 0 Å². The minimum atomic E-state index is 0.595. The molecule has 0 aliphatic heterocycles. The van der Waals surface area contributed by atoms with Gasteiger partial charge in [-0.05, 0) is 13.0 Å². The summed E-state index contributed by atoms with van der Waals surface area (Å²) in [6.07, 6.45) is 1.70. The van der Waals surface area contributed by atoms with Gasteiger partial charge < -0.3 is 5.73 Å². The van der Waals surface area contributed by atoms with Crippen LogP contribution in [0.15, 0.2) is 12.3 Å². The van der Waals surface area contributed by atoms with Crippen molar-refractivity contribution in [3.05, 3.63) is 17.1 Å². The van der Waals surface area contributed by atoms with Crippen molar-refractivity contribution in [3.63, 3.8) is 0 Å². The molecule has 0 aliphatic rings. The Morgan fingerprint density at radius 3 is 2.92 bits per heavy atom. The number of nitrogens with one attached hydrogen (secondary N) is 1. The topological polar surface area (TPSA) is 67.6 Å². The monoisotopic (exact) mass is 180 g/mol. The zero-order chi connectivity index (χ0) is 8.55. The molecule has 12 heavy (non-hydrogen) atoms. The van der Waals surface area contributed by atoms with Gasteiger partial charge in [-0.15, -0.1) is 11.3 Å². The van der Waals surface area contributed by atoms with Crippen molar-refractivity contribution in [1.29, 1.82) is 0 Å². The van der Waals surface area contributed by atoms with E-state index in [2.05, 4.69) is 15.2 Å². The smallest absolute Gasteiger partial charge is 0.180 e. The first kappa shape index (κ1) is 7.30. The van der Waals surface area contributed by atoms with E-state index in [1.807, 2.05) is 13.0 Å². The number of nitrogen functional groups attached to an aromatic ring is 1. The molecule has 62 valence electrons. The molecule has 4 nitrogen and oxygen atoms in total. The number of aromatic amines is 1. The van der Waals surface area contributed by atoms with E-state index in [4.69, 9.17) is 5.73 Å². The molecule has 0 atom stereocenters. The zero-order valence-electron chi connectivity index (χ0n) is 6.53. The number of H-pyrrole nitrogens is 1. The molecule has 0 fully saturated rings. The Kier molecular flexibility index (Phi) is 1.58. The van der Waals surface area contributed by atoms with Gasteiger partial charge in [-0.1, -0.05) is 0 Å². The minimum absolute atomic E-state index is 0.595. The van der Waals surface area contributed by atoms with Crippen molar-refractivity contribution in [2.75, 3.05) is 5.73 Å².